The van der Waals surface area contributed by atoms with Crippen molar-refractivity contribution >= 4 is 58.1 Å². The summed E-state index contributed by atoms with van der Waals surface area (Å²) in [6.07, 6.45) is 8.05. The van der Waals surface area contributed by atoms with Crippen molar-refractivity contribution in [2.24, 2.45) is 0 Å². The zero-order valence-corrected chi connectivity index (χ0v) is 22.0. The highest BCUT2D eigenvalue weighted by Crippen LogP contribution is 2.40. The van der Waals surface area contributed by atoms with Crippen LogP contribution in [-0.4, -0.2) is 35.6 Å². The maximum atomic E-state index is 8.12. The Morgan fingerprint density at radius 1 is 1.06 bits per heavy atom. The molecule has 5 aromatic rings. The van der Waals surface area contributed by atoms with E-state index in [1.165, 1.54) is 0 Å². The Hall–Kier alpha value is -2.94. The Bertz CT molecular complexity index is 1510. The van der Waals surface area contributed by atoms with Gasteiger partial charge in [0.1, 0.15) is 5.65 Å². The molecule has 0 unspecified atom stereocenters. The largest absolute Gasteiger partial charge is 0.373 e. The average Bonchev–Trinajstić information content (AvgIpc) is 3.50. The molecular weight excluding hydrogens is 525 g/mol. The van der Waals surface area contributed by atoms with Crippen LogP contribution in [0.4, 0.5) is 0 Å². The molecule has 35 heavy (non-hydrogen) atoms. The lowest BCUT2D eigenvalue weighted by Crippen LogP contribution is -1.94. The first-order chi connectivity index (χ1) is 16.8. The fraction of sp³-hybridized carbons (Fsp3) is 0.167. The van der Waals surface area contributed by atoms with Crippen LogP contribution in [-0.2, 0) is 9.59 Å². The number of hydrogen-bond donors (Lipinski definition) is 0. The molecule has 0 bridgehead atoms. The van der Waals surface area contributed by atoms with Crippen molar-refractivity contribution < 1.29 is 9.59 Å². The molecule has 0 saturated heterocycles. The molecule has 0 atom stereocenters. The van der Waals surface area contributed by atoms with Gasteiger partial charge in [-0.1, -0.05) is 48.4 Å². The van der Waals surface area contributed by atoms with E-state index in [0.717, 1.165) is 43.1 Å². The molecule has 0 saturated carbocycles. The quantitative estimate of drug-likeness (QED) is 0.225. The number of imidazole rings is 1. The van der Waals surface area contributed by atoms with E-state index in [1.807, 2.05) is 58.4 Å². The molecule has 0 spiro atoms. The summed E-state index contributed by atoms with van der Waals surface area (Å²) in [6.45, 7) is 6.35. The van der Waals surface area contributed by atoms with Crippen molar-refractivity contribution in [1.29, 1.82) is 0 Å². The van der Waals surface area contributed by atoms with Gasteiger partial charge in [0.25, 0.3) is 0 Å². The third-order valence-electron chi connectivity index (χ3n) is 4.86. The lowest BCUT2D eigenvalue weighted by atomic mass is 10.1. The van der Waals surface area contributed by atoms with Crippen molar-refractivity contribution in [3.05, 3.63) is 70.9 Å². The van der Waals surface area contributed by atoms with E-state index < -0.39 is 0 Å². The molecule has 1 aromatic carbocycles. The molecule has 7 nitrogen and oxygen atoms in total. The summed E-state index contributed by atoms with van der Waals surface area (Å²) in [5.41, 5.74) is 5.72. The highest BCUT2D eigenvalue weighted by atomic mass is 35.5. The van der Waals surface area contributed by atoms with Gasteiger partial charge in [-0.25, -0.2) is 14.6 Å². The number of thiazole rings is 1. The van der Waals surface area contributed by atoms with Gasteiger partial charge < -0.3 is 4.40 Å². The maximum absolute atomic E-state index is 8.12. The number of rotatable bonds is 5. The number of halogens is 2. The van der Waals surface area contributed by atoms with Gasteiger partial charge in [-0.05, 0) is 42.8 Å². The normalized spacial score (nSPS) is 10.9. The van der Waals surface area contributed by atoms with Gasteiger partial charge in [0.2, 0.25) is 5.13 Å². The van der Waals surface area contributed by atoms with E-state index in [4.69, 9.17) is 42.9 Å². The highest BCUT2D eigenvalue weighted by molar-refractivity contribution is 8.01. The minimum absolute atomic E-state index is 0.250. The molecule has 0 amide bonds. The second-order valence-corrected chi connectivity index (χ2v) is 11.4. The summed E-state index contributed by atoms with van der Waals surface area (Å²) in [7, 11) is 0. The van der Waals surface area contributed by atoms with E-state index in [-0.39, 0.29) is 6.15 Å². The molecule has 0 aliphatic heterocycles. The van der Waals surface area contributed by atoms with E-state index in [1.54, 1.807) is 23.6 Å². The van der Waals surface area contributed by atoms with Crippen LogP contribution in [0.2, 0.25) is 10.0 Å². The third-order valence-corrected chi connectivity index (χ3v) is 7.55. The molecule has 0 N–H and O–H groups in total. The highest BCUT2D eigenvalue weighted by Gasteiger charge is 2.19. The average molecular weight is 544 g/mol. The number of pyridine rings is 1. The van der Waals surface area contributed by atoms with Crippen LogP contribution >= 0.6 is 46.3 Å². The van der Waals surface area contributed by atoms with Crippen molar-refractivity contribution in [2.75, 3.05) is 0 Å². The fourth-order valence-electron chi connectivity index (χ4n) is 3.48. The Kier molecular flexibility index (Phi) is 7.74. The number of nitrogens with zero attached hydrogens (tertiary/aromatic N) is 5. The fourth-order valence-corrected chi connectivity index (χ4v) is 6.45. The molecule has 4 heterocycles. The summed E-state index contributed by atoms with van der Waals surface area (Å²) in [5, 5.41) is 7.19. The van der Waals surface area contributed by atoms with Gasteiger partial charge in [-0.2, -0.15) is 14.7 Å². The number of carbonyl (C=O) groups excluding carboxylic acids is 2. The summed E-state index contributed by atoms with van der Waals surface area (Å²) >= 11 is 15.9. The zero-order valence-electron chi connectivity index (χ0n) is 18.9. The van der Waals surface area contributed by atoms with Crippen molar-refractivity contribution in [1.82, 2.24) is 24.1 Å². The minimum atomic E-state index is 0.250. The van der Waals surface area contributed by atoms with Crippen LogP contribution in [0.15, 0.2) is 59.3 Å². The summed E-state index contributed by atoms with van der Waals surface area (Å²) in [6, 6.07) is 9.60. The van der Waals surface area contributed by atoms with Crippen LogP contribution in [0.5, 0.6) is 0 Å². The molecule has 178 valence electrons. The number of thioether (sulfide) groups is 1. The SMILES string of the molecule is Cc1nn(-c2nc(-c3ccc4nccn4c3)c(SC(C)C)s2)cc1-c1cc(Cl)cc(Cl)c1.O=C=O. The molecule has 11 heteroatoms. The summed E-state index contributed by atoms with van der Waals surface area (Å²) in [4.78, 5) is 25.6. The topological polar surface area (TPSA) is 82.2 Å². The Morgan fingerprint density at radius 2 is 1.77 bits per heavy atom. The number of aryl methyl sites for hydroxylation is 1. The van der Waals surface area contributed by atoms with Gasteiger partial charge in [0, 0.05) is 51.2 Å². The van der Waals surface area contributed by atoms with Gasteiger partial charge in [-0.3, -0.25) is 0 Å². The van der Waals surface area contributed by atoms with E-state index in [0.29, 0.717) is 15.3 Å². The molecule has 0 fully saturated rings. The molecule has 4 aromatic heterocycles. The van der Waals surface area contributed by atoms with E-state index >= 15 is 0 Å². The van der Waals surface area contributed by atoms with Gasteiger partial charge in [0.15, 0.2) is 0 Å². The lowest BCUT2D eigenvalue weighted by molar-refractivity contribution is -0.191. The molecule has 0 radical (unpaired) electrons. The number of aromatic nitrogens is 5. The minimum Gasteiger partial charge on any atom is -0.306 e. The Labute approximate surface area is 219 Å². The first-order valence-electron chi connectivity index (χ1n) is 10.4. The van der Waals surface area contributed by atoms with Crippen molar-refractivity contribution in [3.8, 4) is 27.5 Å². The maximum Gasteiger partial charge on any atom is 0.373 e. The van der Waals surface area contributed by atoms with E-state index in [9.17, 15) is 0 Å². The second-order valence-electron chi connectivity index (χ2n) is 7.72. The van der Waals surface area contributed by atoms with Crippen molar-refractivity contribution in [3.63, 3.8) is 0 Å². The second kappa shape index (κ2) is 10.8. The van der Waals surface area contributed by atoms with Crippen LogP contribution in [0.25, 0.3) is 33.2 Å². The molecule has 5 rings (SSSR count). The summed E-state index contributed by atoms with van der Waals surface area (Å²) in [5.74, 6) is 0. The lowest BCUT2D eigenvalue weighted by Gasteiger charge is -2.05. The third kappa shape index (κ3) is 5.66. The number of benzene rings is 1. The number of hydrogen-bond acceptors (Lipinski definition) is 7. The van der Waals surface area contributed by atoms with Crippen molar-refractivity contribution in [2.45, 2.75) is 30.2 Å². The predicted molar refractivity (Wildman–Crippen MR) is 140 cm³/mol. The van der Waals surface area contributed by atoms with Crippen LogP contribution in [0.1, 0.15) is 19.5 Å². The number of fused-ring (bicyclic) bond motifs is 1. The molecular formula is C24H19Cl2N5O2S2. The monoisotopic (exact) mass is 543 g/mol. The first-order valence-corrected chi connectivity index (χ1v) is 12.9. The first kappa shape index (κ1) is 25.2. The Balaban J connectivity index is 0.000000917. The zero-order chi connectivity index (χ0) is 25.1. The van der Waals surface area contributed by atoms with Gasteiger partial charge in [0.05, 0.1) is 15.6 Å². The van der Waals surface area contributed by atoms with Gasteiger partial charge in [-0.15, -0.1) is 11.8 Å². The van der Waals surface area contributed by atoms with Crippen LogP contribution in [0, 0.1) is 6.92 Å². The molecule has 0 aliphatic rings. The van der Waals surface area contributed by atoms with E-state index in [2.05, 4.69) is 31.1 Å². The standard InChI is InChI=1S/C23H19Cl2N5S2.CO2/c1-13(2)31-22-21(15-4-5-20-26-6-7-29(20)11-15)27-23(32-22)30-12-19(14(3)28-30)16-8-17(24)10-18(25)9-16;2-1-3/h4-13H,1-3H3;. The van der Waals surface area contributed by atoms with Crippen LogP contribution in [0.3, 0.4) is 0 Å². The summed E-state index contributed by atoms with van der Waals surface area (Å²) < 4.78 is 5.01. The Morgan fingerprint density at radius 3 is 2.46 bits per heavy atom. The molecule has 0 aliphatic carbocycles. The van der Waals surface area contributed by atoms with Gasteiger partial charge >= 0.3 is 6.15 Å². The predicted octanol–water partition coefficient (Wildman–Crippen LogP) is 6.84. The smallest absolute Gasteiger partial charge is 0.306 e. The van der Waals surface area contributed by atoms with Crippen LogP contribution < -0.4 is 0 Å².